The van der Waals surface area contributed by atoms with E-state index in [9.17, 15) is 9.90 Å². The van der Waals surface area contributed by atoms with Crippen LogP contribution in [-0.4, -0.2) is 42.0 Å². The highest BCUT2D eigenvalue weighted by Gasteiger charge is 2.23. The predicted octanol–water partition coefficient (Wildman–Crippen LogP) is 4.51. The van der Waals surface area contributed by atoms with Crippen molar-refractivity contribution in [1.29, 1.82) is 0 Å². The first-order valence-electron chi connectivity index (χ1n) is 9.94. The van der Waals surface area contributed by atoms with E-state index in [1.54, 1.807) is 6.20 Å². The molecule has 3 rings (SSSR count). The van der Waals surface area contributed by atoms with Gasteiger partial charge in [-0.15, -0.1) is 0 Å². The molecule has 1 aromatic carbocycles. The zero-order valence-electron chi connectivity index (χ0n) is 16.6. The Morgan fingerprint density at radius 2 is 2.18 bits per heavy atom. The van der Waals surface area contributed by atoms with Crippen molar-refractivity contribution in [2.75, 3.05) is 30.0 Å². The zero-order chi connectivity index (χ0) is 19.9. The molecule has 1 amide bonds. The Balaban J connectivity index is 1.80. The third kappa shape index (κ3) is 5.04. The van der Waals surface area contributed by atoms with Gasteiger partial charge in [0.2, 0.25) is 0 Å². The van der Waals surface area contributed by atoms with Crippen LogP contribution in [0.1, 0.15) is 50.4 Å². The Bertz CT molecular complexity index is 757. The van der Waals surface area contributed by atoms with E-state index < -0.39 is 6.09 Å². The third-order valence-electron chi connectivity index (χ3n) is 5.42. The van der Waals surface area contributed by atoms with Crippen LogP contribution in [0.25, 0.3) is 0 Å². The van der Waals surface area contributed by atoms with E-state index in [1.807, 2.05) is 12.1 Å². The molecule has 2 N–H and O–H groups in total. The quantitative estimate of drug-likeness (QED) is 0.693. The number of hydrogen-bond donors (Lipinski definition) is 2. The van der Waals surface area contributed by atoms with Gasteiger partial charge in [0.05, 0.1) is 17.6 Å². The zero-order valence-corrected chi connectivity index (χ0v) is 16.6. The minimum Gasteiger partial charge on any atom is -0.465 e. The number of ether oxygens (including phenoxy) is 1. The number of rotatable bonds is 8. The maximum Gasteiger partial charge on any atom is 0.409 e. The van der Waals surface area contributed by atoms with Crippen molar-refractivity contribution in [1.82, 2.24) is 4.98 Å². The molecule has 2 aromatic rings. The van der Waals surface area contributed by atoms with Gasteiger partial charge in [-0.05, 0) is 49.8 Å². The molecular formula is C21H29N3O4. The van der Waals surface area contributed by atoms with Crippen LogP contribution in [-0.2, 0) is 11.2 Å². The lowest BCUT2D eigenvalue weighted by molar-refractivity contribution is 0.0846. The molecule has 1 fully saturated rings. The summed E-state index contributed by atoms with van der Waals surface area (Å²) in [5.41, 5.74) is 2.68. The Morgan fingerprint density at radius 1 is 1.39 bits per heavy atom. The summed E-state index contributed by atoms with van der Waals surface area (Å²) in [5, 5.41) is 12.0. The maximum absolute atomic E-state index is 11.4. The second-order valence-corrected chi connectivity index (χ2v) is 7.24. The SMILES string of the molecule is CCN(c1ccc(C(C)CCc2cnco2)cc1NC(=O)O)C1CCOCC1. The molecule has 7 heteroatoms. The molecular weight excluding hydrogens is 358 g/mol. The first-order valence-corrected chi connectivity index (χ1v) is 9.94. The number of aryl methyl sites for hydroxylation is 1. The summed E-state index contributed by atoms with van der Waals surface area (Å²) < 4.78 is 10.8. The van der Waals surface area contributed by atoms with E-state index in [-0.39, 0.29) is 5.92 Å². The van der Waals surface area contributed by atoms with Crippen molar-refractivity contribution < 1.29 is 19.1 Å². The van der Waals surface area contributed by atoms with E-state index in [0.717, 1.165) is 62.5 Å². The summed E-state index contributed by atoms with van der Waals surface area (Å²) >= 11 is 0. The molecule has 1 unspecified atom stereocenters. The molecule has 28 heavy (non-hydrogen) atoms. The molecule has 0 radical (unpaired) electrons. The smallest absolute Gasteiger partial charge is 0.409 e. The fourth-order valence-electron chi connectivity index (χ4n) is 3.84. The van der Waals surface area contributed by atoms with Gasteiger partial charge in [-0.3, -0.25) is 5.32 Å². The maximum atomic E-state index is 11.4. The van der Waals surface area contributed by atoms with Crippen LogP contribution in [0.5, 0.6) is 0 Å². The fourth-order valence-corrected chi connectivity index (χ4v) is 3.84. The van der Waals surface area contributed by atoms with Crippen molar-refractivity contribution in [2.45, 2.75) is 51.5 Å². The van der Waals surface area contributed by atoms with Gasteiger partial charge in [0, 0.05) is 32.2 Å². The van der Waals surface area contributed by atoms with Gasteiger partial charge in [-0.2, -0.15) is 0 Å². The molecule has 1 aromatic heterocycles. The summed E-state index contributed by atoms with van der Waals surface area (Å²) in [5.74, 6) is 1.13. The first kappa shape index (κ1) is 20.2. The van der Waals surface area contributed by atoms with Crippen LogP contribution in [0.2, 0.25) is 0 Å². The van der Waals surface area contributed by atoms with Crippen molar-refractivity contribution in [3.63, 3.8) is 0 Å². The van der Waals surface area contributed by atoms with Gasteiger partial charge in [-0.1, -0.05) is 13.0 Å². The van der Waals surface area contributed by atoms with Gasteiger partial charge in [0.15, 0.2) is 6.39 Å². The lowest BCUT2D eigenvalue weighted by atomic mass is 9.94. The number of nitrogens with one attached hydrogen (secondary N) is 1. The Kier molecular flexibility index (Phi) is 6.92. The molecule has 0 aliphatic carbocycles. The first-order chi connectivity index (χ1) is 13.6. The number of benzene rings is 1. The molecule has 1 aliphatic rings. The largest absolute Gasteiger partial charge is 0.465 e. The highest BCUT2D eigenvalue weighted by Crippen LogP contribution is 2.34. The van der Waals surface area contributed by atoms with Gasteiger partial charge in [0.1, 0.15) is 5.76 Å². The second kappa shape index (κ2) is 9.59. The van der Waals surface area contributed by atoms with Gasteiger partial charge in [0.25, 0.3) is 0 Å². The molecule has 0 saturated carbocycles. The minimum absolute atomic E-state index is 0.270. The molecule has 1 atom stereocenters. The molecule has 152 valence electrons. The van der Waals surface area contributed by atoms with E-state index in [2.05, 4.69) is 35.1 Å². The van der Waals surface area contributed by atoms with E-state index in [0.29, 0.717) is 11.7 Å². The van der Waals surface area contributed by atoms with Gasteiger partial charge in [-0.25, -0.2) is 9.78 Å². The van der Waals surface area contributed by atoms with Crippen molar-refractivity contribution in [3.8, 4) is 0 Å². The third-order valence-corrected chi connectivity index (χ3v) is 5.42. The molecule has 0 bridgehead atoms. The second-order valence-electron chi connectivity index (χ2n) is 7.24. The average molecular weight is 387 g/mol. The Labute approximate surface area is 165 Å². The van der Waals surface area contributed by atoms with Crippen LogP contribution >= 0.6 is 0 Å². The Hall–Kier alpha value is -2.54. The summed E-state index contributed by atoms with van der Waals surface area (Å²) in [7, 11) is 0. The number of hydrogen-bond acceptors (Lipinski definition) is 5. The summed E-state index contributed by atoms with van der Waals surface area (Å²) in [6.07, 6.45) is 5.74. The van der Waals surface area contributed by atoms with Crippen LogP contribution in [0.15, 0.2) is 35.2 Å². The number of oxazole rings is 1. The summed E-state index contributed by atoms with van der Waals surface area (Å²) in [4.78, 5) is 17.6. The van der Waals surface area contributed by atoms with E-state index in [1.165, 1.54) is 6.39 Å². The average Bonchev–Trinajstić information content (AvgIpc) is 3.22. The number of carbonyl (C=O) groups is 1. The summed E-state index contributed by atoms with van der Waals surface area (Å²) in [6, 6.07) is 6.49. The standard InChI is InChI=1S/C21H29N3O4/c1-3-24(17-8-10-27-11-9-17)20-7-5-16(12-19(20)23-21(25)26)15(2)4-6-18-13-22-14-28-18/h5,7,12-15,17,23H,3-4,6,8-11H2,1-2H3,(H,25,26). The molecule has 1 saturated heterocycles. The van der Waals surface area contributed by atoms with E-state index >= 15 is 0 Å². The van der Waals surface area contributed by atoms with Crippen LogP contribution < -0.4 is 10.2 Å². The highest BCUT2D eigenvalue weighted by molar-refractivity contribution is 5.89. The van der Waals surface area contributed by atoms with Crippen LogP contribution in [0.3, 0.4) is 0 Å². The lowest BCUT2D eigenvalue weighted by Crippen LogP contribution is -2.40. The molecule has 1 aliphatic heterocycles. The number of amides is 1. The minimum atomic E-state index is -1.05. The van der Waals surface area contributed by atoms with Crippen LogP contribution in [0.4, 0.5) is 16.2 Å². The number of nitrogens with zero attached hydrogens (tertiary/aromatic N) is 2. The molecule has 7 nitrogen and oxygen atoms in total. The highest BCUT2D eigenvalue weighted by atomic mass is 16.5. The normalized spacial score (nSPS) is 15.9. The number of carboxylic acid groups (broad SMARTS) is 1. The lowest BCUT2D eigenvalue weighted by Gasteiger charge is -2.36. The fraction of sp³-hybridized carbons (Fsp3) is 0.524. The topological polar surface area (TPSA) is 87.8 Å². The van der Waals surface area contributed by atoms with Crippen molar-refractivity contribution >= 4 is 17.5 Å². The van der Waals surface area contributed by atoms with Crippen molar-refractivity contribution in [2.24, 2.45) is 0 Å². The molecule has 2 heterocycles. The number of anilines is 2. The van der Waals surface area contributed by atoms with Crippen molar-refractivity contribution in [3.05, 3.63) is 42.1 Å². The number of aromatic nitrogens is 1. The summed E-state index contributed by atoms with van der Waals surface area (Å²) in [6.45, 7) is 6.57. The predicted molar refractivity (Wildman–Crippen MR) is 108 cm³/mol. The van der Waals surface area contributed by atoms with Gasteiger partial charge < -0.3 is 19.2 Å². The van der Waals surface area contributed by atoms with Gasteiger partial charge >= 0.3 is 6.09 Å². The Morgan fingerprint density at radius 3 is 2.82 bits per heavy atom. The van der Waals surface area contributed by atoms with Crippen LogP contribution in [0, 0.1) is 0 Å². The molecule has 0 spiro atoms. The van der Waals surface area contributed by atoms with E-state index in [4.69, 9.17) is 9.15 Å². The monoisotopic (exact) mass is 387 g/mol.